The van der Waals surface area contributed by atoms with Crippen LogP contribution in [-0.4, -0.2) is 70.1 Å². The van der Waals surface area contributed by atoms with Crippen molar-refractivity contribution in [1.82, 2.24) is 4.90 Å². The lowest BCUT2D eigenvalue weighted by atomic mass is 9.70. The summed E-state index contributed by atoms with van der Waals surface area (Å²) in [6.45, 7) is 3.32. The van der Waals surface area contributed by atoms with E-state index in [1.54, 1.807) is 19.1 Å². The van der Waals surface area contributed by atoms with Crippen LogP contribution in [-0.2, 0) is 23.9 Å². The second-order valence-electron chi connectivity index (χ2n) is 8.09. The van der Waals surface area contributed by atoms with E-state index in [-0.39, 0.29) is 30.5 Å². The van der Waals surface area contributed by atoms with Crippen molar-refractivity contribution in [3.05, 3.63) is 28.8 Å². The maximum Gasteiger partial charge on any atom is 0.312 e. The van der Waals surface area contributed by atoms with Gasteiger partial charge in [-0.3, -0.25) is 14.4 Å². The number of ether oxygens (including phenoxy) is 2. The Kier molecular flexibility index (Phi) is 6.06. The van der Waals surface area contributed by atoms with Gasteiger partial charge < -0.3 is 24.8 Å². The number of carbonyl (C=O) groups is 3. The number of nitrogens with one attached hydrogen (secondary N) is 1. The molecule has 2 bridgehead atoms. The first-order chi connectivity index (χ1) is 14.8. The van der Waals surface area contributed by atoms with Crippen LogP contribution >= 0.6 is 27.5 Å². The average molecular weight is 516 g/mol. The van der Waals surface area contributed by atoms with Crippen LogP contribution in [0.5, 0.6) is 0 Å². The zero-order chi connectivity index (χ0) is 22.5. The van der Waals surface area contributed by atoms with Gasteiger partial charge in [-0.15, -0.1) is 0 Å². The van der Waals surface area contributed by atoms with Gasteiger partial charge in [0.1, 0.15) is 11.6 Å². The summed E-state index contributed by atoms with van der Waals surface area (Å²) in [5, 5.41) is 12.8. The number of hydrogen-bond acceptors (Lipinski definition) is 6. The number of alkyl halides is 1. The first kappa shape index (κ1) is 22.5. The molecule has 8 nitrogen and oxygen atoms in total. The Bertz CT molecular complexity index is 909. The number of amides is 2. The van der Waals surface area contributed by atoms with Crippen molar-refractivity contribution in [3.8, 4) is 0 Å². The average Bonchev–Trinajstić information content (AvgIpc) is 3.29. The number of halogens is 2. The van der Waals surface area contributed by atoms with E-state index < -0.39 is 41.5 Å². The maximum atomic E-state index is 13.5. The van der Waals surface area contributed by atoms with Crippen LogP contribution in [0.4, 0.5) is 5.69 Å². The predicted molar refractivity (Wildman–Crippen MR) is 116 cm³/mol. The molecule has 3 fully saturated rings. The largest absolute Gasteiger partial charge is 0.466 e. The van der Waals surface area contributed by atoms with Crippen LogP contribution < -0.4 is 5.32 Å². The summed E-state index contributed by atoms with van der Waals surface area (Å²) in [5.41, 5.74) is 0.0320. The molecule has 1 aromatic carbocycles. The highest BCUT2D eigenvalue weighted by molar-refractivity contribution is 9.09. The number of benzene rings is 1. The van der Waals surface area contributed by atoms with Crippen molar-refractivity contribution in [3.63, 3.8) is 0 Å². The first-order valence-electron chi connectivity index (χ1n) is 10.2. The minimum Gasteiger partial charge on any atom is -0.466 e. The van der Waals surface area contributed by atoms with Crippen molar-refractivity contribution in [2.45, 2.75) is 42.8 Å². The summed E-state index contributed by atoms with van der Waals surface area (Å²) >= 11 is 9.85. The molecular weight excluding hydrogens is 492 g/mol. The molecule has 0 radical (unpaired) electrons. The van der Waals surface area contributed by atoms with Gasteiger partial charge in [0.25, 0.3) is 0 Å². The van der Waals surface area contributed by atoms with E-state index in [9.17, 15) is 19.5 Å². The Morgan fingerprint density at radius 3 is 2.84 bits per heavy atom. The summed E-state index contributed by atoms with van der Waals surface area (Å²) in [7, 11) is 0. The lowest BCUT2D eigenvalue weighted by Crippen LogP contribution is -2.54. The highest BCUT2D eigenvalue weighted by Gasteiger charge is 2.76. The molecule has 1 aromatic rings. The molecular formula is C21H24BrClN2O6. The number of β-amino-alcohol motifs (C(OH)–C–C–N with tert-alkyl or cyclic N) is 1. The molecule has 0 aromatic heterocycles. The summed E-state index contributed by atoms with van der Waals surface area (Å²) in [4.78, 5) is 40.8. The second kappa shape index (κ2) is 8.35. The molecule has 3 aliphatic heterocycles. The fourth-order valence-electron chi connectivity index (χ4n) is 5.27. The van der Waals surface area contributed by atoms with E-state index in [0.717, 1.165) is 5.56 Å². The lowest BCUT2D eigenvalue weighted by Gasteiger charge is -2.34. The van der Waals surface area contributed by atoms with E-state index in [2.05, 4.69) is 21.2 Å². The third kappa shape index (κ3) is 3.37. The Hall–Kier alpha value is -1.68. The van der Waals surface area contributed by atoms with Crippen molar-refractivity contribution < 1.29 is 29.0 Å². The number of rotatable bonds is 6. The Labute approximate surface area is 193 Å². The predicted octanol–water partition coefficient (Wildman–Crippen LogP) is 1.89. The normalized spacial score (nSPS) is 33.5. The number of anilines is 1. The van der Waals surface area contributed by atoms with Crippen LogP contribution in [0.1, 0.15) is 18.9 Å². The van der Waals surface area contributed by atoms with Crippen molar-refractivity contribution in [2.24, 2.45) is 11.8 Å². The number of hydrogen-bond donors (Lipinski definition) is 2. The van der Waals surface area contributed by atoms with Crippen LogP contribution in [0.2, 0.25) is 5.02 Å². The molecule has 3 aliphatic rings. The summed E-state index contributed by atoms with van der Waals surface area (Å²) < 4.78 is 11.5. The molecule has 10 heteroatoms. The number of aliphatic hydroxyl groups excluding tert-OH is 1. The number of aryl methyl sites for hydroxylation is 1. The molecule has 31 heavy (non-hydrogen) atoms. The van der Waals surface area contributed by atoms with E-state index in [4.69, 9.17) is 21.1 Å². The highest BCUT2D eigenvalue weighted by atomic mass is 79.9. The fourth-order valence-corrected chi connectivity index (χ4v) is 6.48. The van der Waals surface area contributed by atoms with Gasteiger partial charge in [-0.05, 0) is 31.9 Å². The zero-order valence-electron chi connectivity index (χ0n) is 17.1. The topological polar surface area (TPSA) is 105 Å². The summed E-state index contributed by atoms with van der Waals surface area (Å²) in [6, 6.07) is 4.24. The van der Waals surface area contributed by atoms with E-state index in [1.165, 1.54) is 4.90 Å². The lowest BCUT2D eigenvalue weighted by molar-refractivity contribution is -0.154. The molecule has 1 spiro atoms. The van der Waals surface area contributed by atoms with Gasteiger partial charge in [0.2, 0.25) is 11.8 Å². The number of carbonyl (C=O) groups excluding carboxylic acids is 3. The summed E-state index contributed by atoms with van der Waals surface area (Å²) in [6.07, 6.45) is -0.187. The first-order valence-corrected chi connectivity index (χ1v) is 11.5. The smallest absolute Gasteiger partial charge is 0.312 e. The number of para-hydroxylation sites is 1. The molecule has 168 valence electrons. The second-order valence-corrected chi connectivity index (χ2v) is 9.68. The quantitative estimate of drug-likeness (QED) is 0.443. The Morgan fingerprint density at radius 1 is 1.45 bits per heavy atom. The van der Waals surface area contributed by atoms with Crippen molar-refractivity contribution in [1.29, 1.82) is 0 Å². The third-order valence-electron chi connectivity index (χ3n) is 6.41. The van der Waals surface area contributed by atoms with Gasteiger partial charge in [-0.1, -0.05) is 39.7 Å². The third-order valence-corrected chi connectivity index (χ3v) is 7.57. The van der Waals surface area contributed by atoms with Crippen molar-refractivity contribution >= 4 is 51.0 Å². The maximum absolute atomic E-state index is 13.5. The number of esters is 1. The highest BCUT2D eigenvalue weighted by Crippen LogP contribution is 2.60. The van der Waals surface area contributed by atoms with Gasteiger partial charge in [0.05, 0.1) is 41.9 Å². The van der Waals surface area contributed by atoms with E-state index >= 15 is 0 Å². The monoisotopic (exact) mass is 514 g/mol. The SMILES string of the molecule is CCOC(=O)[C@H]1[C@H]2C(=O)N(CCO)C(C(=O)Nc3c(C)cccc3Cl)C23CC(Br)[C@@H]1O3. The number of aliphatic hydroxyl groups is 1. The minimum absolute atomic E-state index is 0.0484. The fraction of sp³-hybridized carbons (Fsp3) is 0.571. The van der Waals surface area contributed by atoms with Crippen LogP contribution in [0.25, 0.3) is 0 Å². The molecule has 0 aliphatic carbocycles. The zero-order valence-corrected chi connectivity index (χ0v) is 19.5. The number of fused-ring (bicyclic) bond motifs is 1. The van der Waals surface area contributed by atoms with Crippen LogP contribution in [0.3, 0.4) is 0 Å². The van der Waals surface area contributed by atoms with Crippen LogP contribution in [0.15, 0.2) is 18.2 Å². The van der Waals surface area contributed by atoms with E-state index in [0.29, 0.717) is 17.1 Å². The molecule has 6 atom stereocenters. The molecule has 2 N–H and O–H groups in total. The summed E-state index contributed by atoms with van der Waals surface area (Å²) in [5.74, 6) is -3.02. The standard InChI is InChI=1S/C21H24BrClN2O6/c1-3-30-20(29)13-14-19(28)25(7-8-26)17(21(14)9-11(22)16(13)31-21)18(27)24-15-10(2)5-4-6-12(15)23/h4-6,11,13-14,16-17,26H,3,7-9H2,1-2H3,(H,24,27)/t11?,13-,14-,16-,17?,21?/m0/s1. The number of nitrogens with zero attached hydrogens (tertiary/aromatic N) is 1. The molecule has 4 rings (SSSR count). The van der Waals surface area contributed by atoms with Gasteiger partial charge in [0.15, 0.2) is 0 Å². The van der Waals surface area contributed by atoms with Gasteiger partial charge in [0, 0.05) is 11.4 Å². The Morgan fingerprint density at radius 2 is 2.19 bits per heavy atom. The van der Waals surface area contributed by atoms with Crippen LogP contribution in [0, 0.1) is 18.8 Å². The molecule has 2 amide bonds. The van der Waals surface area contributed by atoms with E-state index in [1.807, 2.05) is 13.0 Å². The van der Waals surface area contributed by atoms with Gasteiger partial charge >= 0.3 is 5.97 Å². The molecule has 3 heterocycles. The number of likely N-dealkylation sites (tertiary alicyclic amines) is 1. The van der Waals surface area contributed by atoms with Gasteiger partial charge in [-0.25, -0.2) is 0 Å². The molecule has 3 saturated heterocycles. The van der Waals surface area contributed by atoms with Gasteiger partial charge in [-0.2, -0.15) is 0 Å². The van der Waals surface area contributed by atoms with Crippen molar-refractivity contribution in [2.75, 3.05) is 25.1 Å². The molecule has 3 unspecified atom stereocenters. The molecule has 0 saturated carbocycles. The Balaban J connectivity index is 1.74. The minimum atomic E-state index is -1.19.